The van der Waals surface area contributed by atoms with E-state index < -0.39 is 17.7 Å². The SMILES string of the molecule is CCn1c(CNC(=O)OC(C)(C)C)nc2ccc(C(=O)OC)cc21. The fraction of sp³-hybridized carbons (Fsp3) is 0.471. The lowest BCUT2D eigenvalue weighted by Gasteiger charge is -2.19. The van der Waals surface area contributed by atoms with Crippen LogP contribution in [0.1, 0.15) is 43.9 Å². The van der Waals surface area contributed by atoms with E-state index in [2.05, 4.69) is 10.3 Å². The van der Waals surface area contributed by atoms with E-state index in [1.807, 2.05) is 32.3 Å². The van der Waals surface area contributed by atoms with Crippen molar-refractivity contribution in [2.75, 3.05) is 7.11 Å². The number of hydrogen-bond acceptors (Lipinski definition) is 5. The van der Waals surface area contributed by atoms with Gasteiger partial charge in [0.2, 0.25) is 0 Å². The van der Waals surface area contributed by atoms with Crippen molar-refractivity contribution >= 4 is 23.1 Å². The van der Waals surface area contributed by atoms with Gasteiger partial charge in [-0.15, -0.1) is 0 Å². The number of alkyl carbamates (subject to hydrolysis) is 1. The number of fused-ring (bicyclic) bond motifs is 1. The molecule has 0 aliphatic heterocycles. The molecule has 0 saturated heterocycles. The van der Waals surface area contributed by atoms with Crippen LogP contribution in [0.25, 0.3) is 11.0 Å². The normalized spacial score (nSPS) is 11.4. The molecule has 7 heteroatoms. The van der Waals surface area contributed by atoms with E-state index in [4.69, 9.17) is 9.47 Å². The second-order valence-electron chi connectivity index (χ2n) is 6.32. The molecule has 0 aliphatic carbocycles. The second-order valence-corrected chi connectivity index (χ2v) is 6.32. The average Bonchev–Trinajstić information content (AvgIpc) is 2.87. The van der Waals surface area contributed by atoms with Gasteiger partial charge in [-0.05, 0) is 45.9 Å². The Balaban J connectivity index is 2.24. The number of rotatable bonds is 4. The van der Waals surface area contributed by atoms with Gasteiger partial charge in [-0.3, -0.25) is 0 Å². The van der Waals surface area contributed by atoms with Crippen LogP contribution in [0.15, 0.2) is 18.2 Å². The summed E-state index contributed by atoms with van der Waals surface area (Å²) in [5.74, 6) is 0.301. The van der Waals surface area contributed by atoms with Crippen molar-refractivity contribution in [2.45, 2.75) is 46.4 Å². The van der Waals surface area contributed by atoms with Crippen molar-refractivity contribution in [1.29, 1.82) is 0 Å². The van der Waals surface area contributed by atoms with Crippen LogP contribution in [0.2, 0.25) is 0 Å². The van der Waals surface area contributed by atoms with E-state index in [1.165, 1.54) is 7.11 Å². The number of nitrogens with zero attached hydrogens (tertiary/aromatic N) is 2. The van der Waals surface area contributed by atoms with Gasteiger partial charge in [-0.1, -0.05) is 0 Å². The van der Waals surface area contributed by atoms with Crippen molar-refractivity contribution in [3.8, 4) is 0 Å². The zero-order chi connectivity index (χ0) is 17.9. The Labute approximate surface area is 141 Å². The number of benzene rings is 1. The Morgan fingerprint density at radius 2 is 2.00 bits per heavy atom. The number of nitrogens with one attached hydrogen (secondary N) is 1. The van der Waals surface area contributed by atoms with Crippen LogP contribution in [-0.4, -0.2) is 34.3 Å². The summed E-state index contributed by atoms with van der Waals surface area (Å²) in [5, 5.41) is 2.70. The van der Waals surface area contributed by atoms with Crippen molar-refractivity contribution in [3.05, 3.63) is 29.6 Å². The second kappa shape index (κ2) is 6.90. The standard InChI is InChI=1S/C17H23N3O4/c1-6-20-13-9-11(15(21)23-5)7-8-12(13)19-14(20)10-18-16(22)24-17(2,3)4/h7-9H,6,10H2,1-5H3,(H,18,22). The summed E-state index contributed by atoms with van der Waals surface area (Å²) >= 11 is 0. The summed E-state index contributed by atoms with van der Waals surface area (Å²) in [5.41, 5.74) is 1.49. The Hall–Kier alpha value is -2.57. The van der Waals surface area contributed by atoms with Crippen molar-refractivity contribution in [2.24, 2.45) is 0 Å². The van der Waals surface area contributed by atoms with Crippen LogP contribution in [-0.2, 0) is 22.6 Å². The molecule has 0 unspecified atom stereocenters. The number of aryl methyl sites for hydroxylation is 1. The maximum Gasteiger partial charge on any atom is 0.408 e. The molecule has 1 N–H and O–H groups in total. The van der Waals surface area contributed by atoms with Gasteiger partial charge < -0.3 is 19.4 Å². The van der Waals surface area contributed by atoms with E-state index in [1.54, 1.807) is 18.2 Å². The van der Waals surface area contributed by atoms with E-state index >= 15 is 0 Å². The first-order chi connectivity index (χ1) is 11.2. The highest BCUT2D eigenvalue weighted by atomic mass is 16.6. The molecule has 2 aromatic rings. The molecular weight excluding hydrogens is 310 g/mol. The molecule has 0 atom stereocenters. The lowest BCUT2D eigenvalue weighted by atomic mass is 10.2. The zero-order valence-corrected chi connectivity index (χ0v) is 14.7. The Bertz CT molecular complexity index is 759. The first-order valence-corrected chi connectivity index (χ1v) is 7.79. The molecule has 1 aromatic carbocycles. The fourth-order valence-corrected chi connectivity index (χ4v) is 2.37. The average molecular weight is 333 g/mol. The van der Waals surface area contributed by atoms with Gasteiger partial charge in [-0.25, -0.2) is 14.6 Å². The minimum atomic E-state index is -0.551. The van der Waals surface area contributed by atoms with Gasteiger partial charge in [0.25, 0.3) is 0 Å². The topological polar surface area (TPSA) is 82.5 Å². The number of amides is 1. The smallest absolute Gasteiger partial charge is 0.408 e. The van der Waals surface area contributed by atoms with Crippen LogP contribution in [0.4, 0.5) is 4.79 Å². The molecule has 1 amide bonds. The Morgan fingerprint density at radius 3 is 2.58 bits per heavy atom. The number of esters is 1. The molecule has 0 radical (unpaired) electrons. The molecule has 2 rings (SSSR count). The molecule has 7 nitrogen and oxygen atoms in total. The lowest BCUT2D eigenvalue weighted by Crippen LogP contribution is -2.32. The van der Waals surface area contributed by atoms with Crippen molar-refractivity contribution in [1.82, 2.24) is 14.9 Å². The summed E-state index contributed by atoms with van der Waals surface area (Å²) < 4.78 is 11.9. The zero-order valence-electron chi connectivity index (χ0n) is 14.7. The van der Waals surface area contributed by atoms with Gasteiger partial charge in [0, 0.05) is 6.54 Å². The highest BCUT2D eigenvalue weighted by molar-refractivity contribution is 5.93. The molecule has 130 valence electrons. The fourth-order valence-electron chi connectivity index (χ4n) is 2.37. The predicted octanol–water partition coefficient (Wildman–Crippen LogP) is 2.87. The quantitative estimate of drug-likeness (QED) is 0.870. The molecule has 0 aliphatic rings. The van der Waals surface area contributed by atoms with Gasteiger partial charge in [0.05, 0.1) is 30.3 Å². The first-order valence-electron chi connectivity index (χ1n) is 7.79. The molecule has 0 spiro atoms. The Kier molecular flexibility index (Phi) is 5.11. The summed E-state index contributed by atoms with van der Waals surface area (Å²) in [6.45, 7) is 8.30. The number of imidazole rings is 1. The van der Waals surface area contributed by atoms with Crippen molar-refractivity contribution < 1.29 is 19.1 Å². The van der Waals surface area contributed by atoms with Crippen LogP contribution in [0.3, 0.4) is 0 Å². The van der Waals surface area contributed by atoms with Gasteiger partial charge in [0.1, 0.15) is 11.4 Å². The predicted molar refractivity (Wildman–Crippen MR) is 89.8 cm³/mol. The first kappa shape index (κ1) is 17.8. The van der Waals surface area contributed by atoms with Crippen LogP contribution < -0.4 is 5.32 Å². The Morgan fingerprint density at radius 1 is 1.29 bits per heavy atom. The molecular formula is C17H23N3O4. The van der Waals surface area contributed by atoms with E-state index in [0.29, 0.717) is 17.9 Å². The van der Waals surface area contributed by atoms with Crippen LogP contribution in [0, 0.1) is 0 Å². The van der Waals surface area contributed by atoms with Crippen LogP contribution >= 0.6 is 0 Å². The molecule has 1 heterocycles. The van der Waals surface area contributed by atoms with Gasteiger partial charge >= 0.3 is 12.1 Å². The highest BCUT2D eigenvalue weighted by Crippen LogP contribution is 2.19. The number of hydrogen-bond donors (Lipinski definition) is 1. The summed E-state index contributed by atoms with van der Waals surface area (Å²) in [6.07, 6.45) is -0.493. The van der Waals surface area contributed by atoms with E-state index in [0.717, 1.165) is 11.0 Å². The van der Waals surface area contributed by atoms with E-state index in [-0.39, 0.29) is 6.54 Å². The highest BCUT2D eigenvalue weighted by Gasteiger charge is 2.17. The largest absolute Gasteiger partial charge is 0.465 e. The molecule has 24 heavy (non-hydrogen) atoms. The number of aromatic nitrogens is 2. The van der Waals surface area contributed by atoms with Crippen LogP contribution in [0.5, 0.6) is 0 Å². The minimum Gasteiger partial charge on any atom is -0.465 e. The third-order valence-corrected chi connectivity index (χ3v) is 3.35. The maximum atomic E-state index is 11.8. The number of carbonyl (C=O) groups is 2. The summed E-state index contributed by atoms with van der Waals surface area (Å²) in [4.78, 5) is 28.0. The summed E-state index contributed by atoms with van der Waals surface area (Å²) in [6, 6.07) is 5.19. The molecule has 0 saturated carbocycles. The third-order valence-electron chi connectivity index (χ3n) is 3.35. The van der Waals surface area contributed by atoms with Crippen molar-refractivity contribution in [3.63, 3.8) is 0 Å². The van der Waals surface area contributed by atoms with Gasteiger partial charge in [-0.2, -0.15) is 0 Å². The molecule has 1 aromatic heterocycles. The molecule has 0 bridgehead atoms. The monoisotopic (exact) mass is 333 g/mol. The minimum absolute atomic E-state index is 0.241. The van der Waals surface area contributed by atoms with Gasteiger partial charge in [0.15, 0.2) is 0 Å². The molecule has 0 fully saturated rings. The van der Waals surface area contributed by atoms with E-state index in [9.17, 15) is 9.59 Å². The number of ether oxygens (including phenoxy) is 2. The third kappa shape index (κ3) is 4.04. The maximum absolute atomic E-state index is 11.8. The summed E-state index contributed by atoms with van der Waals surface area (Å²) in [7, 11) is 1.35. The lowest BCUT2D eigenvalue weighted by molar-refractivity contribution is 0.0520. The number of carbonyl (C=O) groups excluding carboxylic acids is 2. The number of methoxy groups -OCH3 is 1.